The molecular weight excluding hydrogens is 374 g/mol. The number of hydrogen-bond acceptors (Lipinski definition) is 3. The van der Waals surface area contributed by atoms with E-state index in [1.807, 2.05) is 31.2 Å². The van der Waals surface area contributed by atoms with Crippen molar-refractivity contribution in [1.82, 2.24) is 0 Å². The molecule has 0 spiro atoms. The summed E-state index contributed by atoms with van der Waals surface area (Å²) >= 11 is 0. The molecule has 0 saturated carbocycles. The zero-order valence-electron chi connectivity index (χ0n) is 15.0. The fourth-order valence-corrected chi connectivity index (χ4v) is 4.31. The largest absolute Gasteiger partial charge is 0.309 e. The third-order valence-corrected chi connectivity index (χ3v) is 5.79. The molecule has 1 atom stereocenters. The fraction of sp³-hybridized carbons (Fsp3) is 0.316. The van der Waals surface area contributed by atoms with Gasteiger partial charge in [-0.1, -0.05) is 18.2 Å². The standard InChI is InChI=1S/C19H20F2N2O3S/c1-13-11-14-5-3-4-6-18(14)23(13)19(24)9-10-22(27(2,25)26)15-7-8-16(20)17(21)12-15/h3-8,12-13H,9-11H2,1-2H3. The number of sulfonamides is 1. The number of anilines is 2. The predicted molar refractivity (Wildman–Crippen MR) is 100 cm³/mol. The van der Waals surface area contributed by atoms with Crippen LogP contribution in [0.25, 0.3) is 0 Å². The highest BCUT2D eigenvalue weighted by Gasteiger charge is 2.31. The van der Waals surface area contributed by atoms with E-state index in [0.29, 0.717) is 0 Å². The van der Waals surface area contributed by atoms with Crippen LogP contribution in [0.5, 0.6) is 0 Å². The van der Waals surface area contributed by atoms with E-state index in [-0.39, 0.29) is 30.6 Å². The summed E-state index contributed by atoms with van der Waals surface area (Å²) < 4.78 is 51.8. The third-order valence-electron chi connectivity index (χ3n) is 4.60. The minimum Gasteiger partial charge on any atom is -0.309 e. The van der Waals surface area contributed by atoms with Gasteiger partial charge < -0.3 is 4.90 Å². The van der Waals surface area contributed by atoms with E-state index in [0.717, 1.165) is 40.4 Å². The smallest absolute Gasteiger partial charge is 0.232 e. The molecule has 0 aliphatic carbocycles. The topological polar surface area (TPSA) is 57.7 Å². The Morgan fingerprint density at radius 2 is 1.89 bits per heavy atom. The highest BCUT2D eigenvalue weighted by molar-refractivity contribution is 7.92. The first-order chi connectivity index (χ1) is 12.7. The van der Waals surface area contributed by atoms with Crippen molar-refractivity contribution in [3.05, 3.63) is 59.7 Å². The van der Waals surface area contributed by atoms with Crippen molar-refractivity contribution in [3.63, 3.8) is 0 Å². The van der Waals surface area contributed by atoms with E-state index in [9.17, 15) is 22.0 Å². The monoisotopic (exact) mass is 394 g/mol. The van der Waals surface area contributed by atoms with E-state index < -0.39 is 21.7 Å². The van der Waals surface area contributed by atoms with Crippen molar-refractivity contribution < 1.29 is 22.0 Å². The molecule has 5 nitrogen and oxygen atoms in total. The summed E-state index contributed by atoms with van der Waals surface area (Å²) in [6.07, 6.45) is 1.62. The van der Waals surface area contributed by atoms with Crippen LogP contribution in [0.4, 0.5) is 20.2 Å². The zero-order valence-corrected chi connectivity index (χ0v) is 15.8. The lowest BCUT2D eigenvalue weighted by Gasteiger charge is -2.26. The van der Waals surface area contributed by atoms with Crippen molar-refractivity contribution >= 4 is 27.3 Å². The number of amides is 1. The van der Waals surface area contributed by atoms with E-state index in [4.69, 9.17) is 0 Å². The number of para-hydroxylation sites is 1. The first-order valence-corrected chi connectivity index (χ1v) is 10.4. The summed E-state index contributed by atoms with van der Waals surface area (Å²) in [5, 5.41) is 0. The van der Waals surface area contributed by atoms with Crippen LogP contribution in [0.1, 0.15) is 18.9 Å². The molecule has 2 aromatic carbocycles. The number of carbonyl (C=O) groups excluding carboxylic acids is 1. The molecule has 1 aliphatic rings. The second-order valence-electron chi connectivity index (χ2n) is 6.63. The van der Waals surface area contributed by atoms with Crippen molar-refractivity contribution in [2.24, 2.45) is 0 Å². The van der Waals surface area contributed by atoms with Crippen LogP contribution >= 0.6 is 0 Å². The van der Waals surface area contributed by atoms with Gasteiger partial charge in [0.25, 0.3) is 0 Å². The Bertz CT molecular complexity index is 979. The Morgan fingerprint density at radius 3 is 2.56 bits per heavy atom. The van der Waals surface area contributed by atoms with Crippen LogP contribution in [-0.2, 0) is 21.2 Å². The molecule has 0 saturated heterocycles. The summed E-state index contributed by atoms with van der Waals surface area (Å²) in [4.78, 5) is 14.4. The van der Waals surface area contributed by atoms with Gasteiger partial charge >= 0.3 is 0 Å². The van der Waals surface area contributed by atoms with Gasteiger partial charge in [0, 0.05) is 30.8 Å². The normalized spacial score (nSPS) is 16.3. The van der Waals surface area contributed by atoms with Crippen LogP contribution in [0, 0.1) is 11.6 Å². The Morgan fingerprint density at radius 1 is 1.19 bits per heavy atom. The van der Waals surface area contributed by atoms with E-state index in [1.165, 1.54) is 6.07 Å². The summed E-state index contributed by atoms with van der Waals surface area (Å²) in [7, 11) is -3.77. The molecule has 0 aromatic heterocycles. The molecule has 144 valence electrons. The number of fused-ring (bicyclic) bond motifs is 1. The first kappa shape index (κ1) is 19.3. The van der Waals surface area contributed by atoms with Crippen molar-refractivity contribution in [2.45, 2.75) is 25.8 Å². The van der Waals surface area contributed by atoms with Crippen LogP contribution < -0.4 is 9.21 Å². The summed E-state index contributed by atoms with van der Waals surface area (Å²) in [6.45, 7) is 1.77. The molecular formula is C19H20F2N2O3S. The lowest BCUT2D eigenvalue weighted by molar-refractivity contribution is -0.118. The van der Waals surface area contributed by atoms with Gasteiger partial charge in [0.2, 0.25) is 15.9 Å². The highest BCUT2D eigenvalue weighted by atomic mass is 32.2. The van der Waals surface area contributed by atoms with E-state index >= 15 is 0 Å². The number of rotatable bonds is 5. The zero-order chi connectivity index (χ0) is 19.8. The van der Waals surface area contributed by atoms with Gasteiger partial charge in [-0.25, -0.2) is 17.2 Å². The van der Waals surface area contributed by atoms with Gasteiger partial charge in [0.15, 0.2) is 11.6 Å². The van der Waals surface area contributed by atoms with Gasteiger partial charge in [-0.05, 0) is 37.1 Å². The van der Waals surface area contributed by atoms with Gasteiger partial charge in [0.05, 0.1) is 11.9 Å². The fourth-order valence-electron chi connectivity index (χ4n) is 3.39. The maximum absolute atomic E-state index is 13.5. The molecule has 8 heteroatoms. The molecule has 0 fully saturated rings. The summed E-state index contributed by atoms with van der Waals surface area (Å²) in [6, 6.07) is 10.4. The summed E-state index contributed by atoms with van der Waals surface area (Å²) in [5.41, 5.74) is 1.88. The molecule has 27 heavy (non-hydrogen) atoms. The van der Waals surface area contributed by atoms with Crippen LogP contribution in [0.15, 0.2) is 42.5 Å². The maximum Gasteiger partial charge on any atom is 0.232 e. The minimum absolute atomic E-state index is 0.0147. The molecule has 1 unspecified atom stereocenters. The van der Waals surface area contributed by atoms with E-state index in [2.05, 4.69) is 0 Å². The van der Waals surface area contributed by atoms with Gasteiger partial charge in [0.1, 0.15) is 0 Å². The lowest BCUT2D eigenvalue weighted by Crippen LogP contribution is -2.39. The van der Waals surface area contributed by atoms with Gasteiger partial charge in [-0.3, -0.25) is 9.10 Å². The molecule has 0 radical (unpaired) electrons. The SMILES string of the molecule is CC1Cc2ccccc2N1C(=O)CCN(c1ccc(F)c(F)c1)S(C)(=O)=O. The van der Waals surface area contributed by atoms with E-state index in [1.54, 1.807) is 4.90 Å². The average Bonchev–Trinajstić information content (AvgIpc) is 2.92. The average molecular weight is 394 g/mol. The third kappa shape index (κ3) is 3.95. The second-order valence-corrected chi connectivity index (χ2v) is 8.54. The van der Waals surface area contributed by atoms with Crippen molar-refractivity contribution in [2.75, 3.05) is 22.0 Å². The maximum atomic E-state index is 13.5. The Kier molecular flexibility index (Phi) is 5.19. The van der Waals surface area contributed by atoms with Gasteiger partial charge in [-0.15, -0.1) is 0 Å². The first-order valence-electron chi connectivity index (χ1n) is 8.51. The van der Waals surface area contributed by atoms with Gasteiger partial charge in [-0.2, -0.15) is 0 Å². The minimum atomic E-state index is -3.77. The molecule has 1 amide bonds. The number of carbonyl (C=O) groups is 1. The molecule has 3 rings (SSSR count). The lowest BCUT2D eigenvalue weighted by atomic mass is 10.1. The molecule has 1 heterocycles. The van der Waals surface area contributed by atoms with Crippen LogP contribution in [0.2, 0.25) is 0 Å². The predicted octanol–water partition coefficient (Wildman–Crippen LogP) is 3.10. The quantitative estimate of drug-likeness (QED) is 0.783. The van der Waals surface area contributed by atoms with Crippen molar-refractivity contribution in [3.8, 4) is 0 Å². The molecule has 0 bridgehead atoms. The number of hydrogen-bond donors (Lipinski definition) is 0. The molecule has 1 aliphatic heterocycles. The summed E-state index contributed by atoms with van der Waals surface area (Å²) in [5.74, 6) is -2.43. The number of halogens is 2. The van der Waals surface area contributed by atoms with Crippen LogP contribution in [0.3, 0.4) is 0 Å². The van der Waals surface area contributed by atoms with Crippen LogP contribution in [-0.4, -0.2) is 33.2 Å². The Labute approximate surface area is 157 Å². The number of benzene rings is 2. The highest BCUT2D eigenvalue weighted by Crippen LogP contribution is 2.32. The van der Waals surface area contributed by atoms with Crippen molar-refractivity contribution in [1.29, 1.82) is 0 Å². The Balaban J connectivity index is 1.80. The Hall–Kier alpha value is -2.48. The second kappa shape index (κ2) is 7.26. The molecule has 2 aromatic rings. The molecule has 0 N–H and O–H groups in total. The number of nitrogens with zero attached hydrogens (tertiary/aromatic N) is 2.